The molecule has 0 aliphatic carbocycles. The van der Waals surface area contributed by atoms with Gasteiger partial charge >= 0.3 is 0 Å². The van der Waals surface area contributed by atoms with Gasteiger partial charge < -0.3 is 15.3 Å². The van der Waals surface area contributed by atoms with Crippen LogP contribution >= 0.6 is 0 Å². The normalized spacial score (nSPS) is 11.9. The number of fused-ring (bicyclic) bond motifs is 2. The van der Waals surface area contributed by atoms with E-state index in [1.54, 1.807) is 0 Å². The van der Waals surface area contributed by atoms with Crippen LogP contribution in [0, 0.1) is 13.8 Å². The van der Waals surface area contributed by atoms with Gasteiger partial charge in [0.05, 0.1) is 0 Å². The summed E-state index contributed by atoms with van der Waals surface area (Å²) in [7, 11) is 0. The molecule has 0 aliphatic heterocycles. The van der Waals surface area contributed by atoms with Crippen LogP contribution in [-0.4, -0.2) is 15.3 Å². The van der Waals surface area contributed by atoms with Crippen molar-refractivity contribution in [2.24, 2.45) is 0 Å². The van der Waals surface area contributed by atoms with E-state index in [1.807, 2.05) is 26.8 Å². The van der Waals surface area contributed by atoms with Crippen LogP contribution in [0.4, 0.5) is 0 Å². The molecule has 4 rings (SSSR count). The standard InChI is InChI=1S/C28H30O3/c1-14(2)19-9-7-8-18-12-20(16(5)10-21(18)19)26-17(6)11-22-23(27(26)30)13-24(29)28(31)25(22)15(3)4/h7-15,29-31H,1-6H3. The van der Waals surface area contributed by atoms with Gasteiger partial charge in [-0.1, -0.05) is 58.0 Å². The van der Waals surface area contributed by atoms with Gasteiger partial charge in [-0.25, -0.2) is 0 Å². The predicted molar refractivity (Wildman–Crippen MR) is 130 cm³/mol. The molecule has 3 nitrogen and oxygen atoms in total. The molecule has 0 saturated carbocycles. The SMILES string of the molecule is Cc1cc2c(C(C)C)cccc2cc1-c1c(C)cc2c(C(C)C)c(O)c(O)cc2c1O. The van der Waals surface area contributed by atoms with E-state index in [9.17, 15) is 15.3 Å². The summed E-state index contributed by atoms with van der Waals surface area (Å²) in [5.41, 5.74) is 5.72. The summed E-state index contributed by atoms with van der Waals surface area (Å²) in [4.78, 5) is 0. The Morgan fingerprint density at radius 3 is 2.00 bits per heavy atom. The molecule has 0 saturated heterocycles. The van der Waals surface area contributed by atoms with E-state index in [-0.39, 0.29) is 23.2 Å². The molecule has 0 heterocycles. The second-order valence-electron chi connectivity index (χ2n) is 9.22. The molecule has 4 aromatic carbocycles. The molecule has 3 N–H and O–H groups in total. The zero-order chi connectivity index (χ0) is 22.6. The average Bonchev–Trinajstić information content (AvgIpc) is 2.69. The van der Waals surface area contributed by atoms with E-state index in [2.05, 4.69) is 51.1 Å². The fourth-order valence-corrected chi connectivity index (χ4v) is 4.81. The number of hydrogen-bond acceptors (Lipinski definition) is 3. The molecule has 0 fully saturated rings. The smallest absolute Gasteiger partial charge is 0.161 e. The topological polar surface area (TPSA) is 60.7 Å². The lowest BCUT2D eigenvalue weighted by Gasteiger charge is -2.20. The van der Waals surface area contributed by atoms with E-state index in [4.69, 9.17) is 0 Å². The highest BCUT2D eigenvalue weighted by Crippen LogP contribution is 2.47. The van der Waals surface area contributed by atoms with Gasteiger partial charge in [0.25, 0.3) is 0 Å². The largest absolute Gasteiger partial charge is 0.507 e. The molecule has 31 heavy (non-hydrogen) atoms. The number of aromatic hydroxyl groups is 3. The van der Waals surface area contributed by atoms with Crippen LogP contribution in [0.25, 0.3) is 32.7 Å². The molecule has 0 aliphatic rings. The number of phenols is 3. The van der Waals surface area contributed by atoms with Gasteiger partial charge in [0, 0.05) is 16.5 Å². The zero-order valence-electron chi connectivity index (χ0n) is 19.0. The number of benzene rings is 4. The van der Waals surface area contributed by atoms with E-state index >= 15 is 0 Å². The second-order valence-corrected chi connectivity index (χ2v) is 9.22. The maximum absolute atomic E-state index is 11.4. The van der Waals surface area contributed by atoms with Crippen LogP contribution in [-0.2, 0) is 0 Å². The molecule has 0 amide bonds. The Balaban J connectivity index is 2.06. The molecule has 0 spiro atoms. The monoisotopic (exact) mass is 414 g/mol. The van der Waals surface area contributed by atoms with Gasteiger partial charge in [-0.15, -0.1) is 0 Å². The summed E-state index contributed by atoms with van der Waals surface area (Å²) >= 11 is 0. The summed E-state index contributed by atoms with van der Waals surface area (Å²) < 4.78 is 0. The molecule has 0 atom stereocenters. The summed E-state index contributed by atoms with van der Waals surface area (Å²) in [6, 6.07) is 14.2. The Morgan fingerprint density at radius 2 is 1.35 bits per heavy atom. The summed E-state index contributed by atoms with van der Waals surface area (Å²) in [5.74, 6) is 0.232. The minimum absolute atomic E-state index is 0.00360. The van der Waals surface area contributed by atoms with Crippen molar-refractivity contribution in [3.8, 4) is 28.4 Å². The van der Waals surface area contributed by atoms with Crippen molar-refractivity contribution in [2.75, 3.05) is 0 Å². The molecule has 0 unspecified atom stereocenters. The average molecular weight is 415 g/mol. The Kier molecular flexibility index (Phi) is 5.09. The summed E-state index contributed by atoms with van der Waals surface area (Å²) in [6.07, 6.45) is 0. The Labute approximate surface area is 183 Å². The third kappa shape index (κ3) is 3.29. The third-order valence-electron chi connectivity index (χ3n) is 6.33. The van der Waals surface area contributed by atoms with E-state index < -0.39 is 0 Å². The maximum Gasteiger partial charge on any atom is 0.161 e. The first kappa shape index (κ1) is 21.0. The van der Waals surface area contributed by atoms with Crippen molar-refractivity contribution in [3.63, 3.8) is 0 Å². The summed E-state index contributed by atoms with van der Waals surface area (Å²) in [6.45, 7) is 12.4. The van der Waals surface area contributed by atoms with Crippen LogP contribution in [0.5, 0.6) is 17.2 Å². The fourth-order valence-electron chi connectivity index (χ4n) is 4.81. The van der Waals surface area contributed by atoms with E-state index in [1.165, 1.54) is 17.0 Å². The van der Waals surface area contributed by atoms with Gasteiger partial charge in [0.15, 0.2) is 11.5 Å². The molecular formula is C28H30O3. The van der Waals surface area contributed by atoms with Crippen molar-refractivity contribution in [2.45, 2.75) is 53.4 Å². The molecule has 0 aromatic heterocycles. The van der Waals surface area contributed by atoms with Crippen molar-refractivity contribution < 1.29 is 15.3 Å². The second kappa shape index (κ2) is 7.49. The third-order valence-corrected chi connectivity index (χ3v) is 6.33. The molecule has 0 radical (unpaired) electrons. The van der Waals surface area contributed by atoms with Gasteiger partial charge in [-0.05, 0) is 76.2 Å². The lowest BCUT2D eigenvalue weighted by Crippen LogP contribution is -1.96. The lowest BCUT2D eigenvalue weighted by atomic mass is 9.86. The van der Waals surface area contributed by atoms with E-state index in [0.717, 1.165) is 33.0 Å². The number of hydrogen-bond donors (Lipinski definition) is 3. The predicted octanol–water partition coefficient (Wildman–Crippen LogP) is 7.64. The molecule has 0 bridgehead atoms. The Morgan fingerprint density at radius 1 is 0.677 bits per heavy atom. The van der Waals surface area contributed by atoms with Gasteiger partial charge in [0.1, 0.15) is 5.75 Å². The Hall–Kier alpha value is -3.20. The quantitative estimate of drug-likeness (QED) is 0.302. The molecule has 160 valence electrons. The minimum atomic E-state index is -0.210. The molecular weight excluding hydrogens is 384 g/mol. The van der Waals surface area contributed by atoms with Crippen LogP contribution in [0.3, 0.4) is 0 Å². The van der Waals surface area contributed by atoms with Crippen LogP contribution in [0.15, 0.2) is 42.5 Å². The van der Waals surface area contributed by atoms with E-state index in [0.29, 0.717) is 16.9 Å². The minimum Gasteiger partial charge on any atom is -0.507 e. The van der Waals surface area contributed by atoms with Crippen LogP contribution < -0.4 is 0 Å². The van der Waals surface area contributed by atoms with Crippen molar-refractivity contribution in [3.05, 3.63) is 64.7 Å². The number of rotatable bonds is 3. The molecule has 4 aromatic rings. The first-order chi connectivity index (χ1) is 14.6. The highest BCUT2D eigenvalue weighted by Gasteiger charge is 2.22. The highest BCUT2D eigenvalue weighted by atomic mass is 16.3. The number of phenolic OH excluding ortho intramolecular Hbond substituents is 3. The zero-order valence-corrected chi connectivity index (χ0v) is 19.0. The first-order valence-electron chi connectivity index (χ1n) is 10.9. The van der Waals surface area contributed by atoms with Gasteiger partial charge in [-0.2, -0.15) is 0 Å². The maximum atomic E-state index is 11.4. The fraction of sp³-hybridized carbons (Fsp3) is 0.286. The van der Waals surface area contributed by atoms with Gasteiger partial charge in [-0.3, -0.25) is 0 Å². The summed E-state index contributed by atoms with van der Waals surface area (Å²) in [5, 5.41) is 35.8. The van der Waals surface area contributed by atoms with Crippen LogP contribution in [0.1, 0.15) is 61.8 Å². The first-order valence-corrected chi connectivity index (χ1v) is 10.9. The van der Waals surface area contributed by atoms with Crippen molar-refractivity contribution in [1.29, 1.82) is 0 Å². The van der Waals surface area contributed by atoms with Crippen molar-refractivity contribution in [1.82, 2.24) is 0 Å². The van der Waals surface area contributed by atoms with Gasteiger partial charge in [0.2, 0.25) is 0 Å². The molecule has 3 heteroatoms. The van der Waals surface area contributed by atoms with Crippen molar-refractivity contribution >= 4 is 21.5 Å². The van der Waals surface area contributed by atoms with Crippen LogP contribution in [0.2, 0.25) is 0 Å². The Bertz CT molecular complexity index is 1330. The highest BCUT2D eigenvalue weighted by molar-refractivity contribution is 6.02. The lowest BCUT2D eigenvalue weighted by molar-refractivity contribution is 0.398. The number of aryl methyl sites for hydroxylation is 2.